The van der Waals surface area contributed by atoms with Gasteiger partial charge in [0.25, 0.3) is 0 Å². The predicted octanol–water partition coefficient (Wildman–Crippen LogP) is 4.02. The predicted molar refractivity (Wildman–Crippen MR) is 104 cm³/mol. The number of esters is 2. The fraction of sp³-hybridized carbons (Fsp3) is 0.263. The summed E-state index contributed by atoms with van der Waals surface area (Å²) in [5.74, 6) is 0.364. The molecule has 0 radical (unpaired) electrons. The van der Waals surface area contributed by atoms with Gasteiger partial charge in [0.05, 0.1) is 24.7 Å². The first-order valence-corrected chi connectivity index (χ1v) is 9.16. The molecule has 0 aliphatic carbocycles. The SMILES string of the molecule is CCOC(=O)c1sc2nc(C)nc(Nc3cccc(C(=O)OC)c3)c2c1C. The number of benzene rings is 1. The van der Waals surface area contributed by atoms with Gasteiger partial charge in [-0.3, -0.25) is 0 Å². The molecule has 27 heavy (non-hydrogen) atoms. The van der Waals surface area contributed by atoms with Crippen LogP contribution in [0.3, 0.4) is 0 Å². The number of nitrogens with one attached hydrogen (secondary N) is 1. The number of hydrogen-bond donors (Lipinski definition) is 1. The standard InChI is InChI=1S/C19H19N3O4S/c1-5-26-19(24)15-10(2)14-16(20-11(3)21-17(14)27-15)22-13-8-6-7-12(9-13)18(23)25-4/h6-9H,5H2,1-4H3,(H,20,21,22). The second kappa shape index (κ2) is 7.71. The van der Waals surface area contributed by atoms with Crippen molar-refractivity contribution in [1.29, 1.82) is 0 Å². The molecule has 2 heterocycles. The van der Waals surface area contributed by atoms with E-state index in [4.69, 9.17) is 9.47 Å². The Hall–Kier alpha value is -3.00. The van der Waals surface area contributed by atoms with Gasteiger partial charge in [0, 0.05) is 5.69 Å². The summed E-state index contributed by atoms with van der Waals surface area (Å²) in [4.78, 5) is 34.1. The van der Waals surface area contributed by atoms with Crippen LogP contribution in [0.2, 0.25) is 0 Å². The van der Waals surface area contributed by atoms with Crippen LogP contribution in [0.5, 0.6) is 0 Å². The zero-order valence-electron chi connectivity index (χ0n) is 15.5. The molecule has 3 rings (SSSR count). The number of anilines is 2. The number of carbonyl (C=O) groups excluding carboxylic acids is 2. The van der Waals surface area contributed by atoms with Crippen molar-refractivity contribution < 1.29 is 19.1 Å². The minimum absolute atomic E-state index is 0.308. The first-order chi connectivity index (χ1) is 12.9. The van der Waals surface area contributed by atoms with Crippen LogP contribution in [-0.4, -0.2) is 35.6 Å². The van der Waals surface area contributed by atoms with E-state index in [0.29, 0.717) is 39.2 Å². The number of carbonyl (C=O) groups is 2. The Kier molecular flexibility index (Phi) is 5.36. The smallest absolute Gasteiger partial charge is 0.348 e. The molecule has 0 spiro atoms. The van der Waals surface area contributed by atoms with E-state index in [9.17, 15) is 9.59 Å². The van der Waals surface area contributed by atoms with Crippen molar-refractivity contribution in [3.05, 3.63) is 46.1 Å². The van der Waals surface area contributed by atoms with Crippen LogP contribution in [0.4, 0.5) is 11.5 Å². The number of hydrogen-bond acceptors (Lipinski definition) is 8. The zero-order chi connectivity index (χ0) is 19.6. The first-order valence-electron chi connectivity index (χ1n) is 8.34. The highest BCUT2D eigenvalue weighted by Crippen LogP contribution is 2.35. The van der Waals surface area contributed by atoms with Gasteiger partial charge in [-0.1, -0.05) is 6.07 Å². The first kappa shape index (κ1) is 18.8. The average Bonchev–Trinajstić information content (AvgIpc) is 2.98. The third-order valence-corrected chi connectivity index (χ3v) is 5.07. The molecule has 0 atom stereocenters. The van der Waals surface area contributed by atoms with Crippen molar-refractivity contribution in [3.63, 3.8) is 0 Å². The number of fused-ring (bicyclic) bond motifs is 1. The van der Waals surface area contributed by atoms with Gasteiger partial charge in [0.15, 0.2) is 0 Å². The summed E-state index contributed by atoms with van der Waals surface area (Å²) in [6.07, 6.45) is 0. The van der Waals surface area contributed by atoms with Crippen molar-refractivity contribution in [2.45, 2.75) is 20.8 Å². The average molecular weight is 385 g/mol. The van der Waals surface area contributed by atoms with Gasteiger partial charge in [-0.05, 0) is 44.5 Å². The van der Waals surface area contributed by atoms with Crippen LogP contribution in [0.15, 0.2) is 24.3 Å². The lowest BCUT2D eigenvalue weighted by atomic mass is 10.1. The van der Waals surface area contributed by atoms with Crippen molar-refractivity contribution in [1.82, 2.24) is 9.97 Å². The number of thiophene rings is 1. The van der Waals surface area contributed by atoms with Crippen LogP contribution in [-0.2, 0) is 9.47 Å². The molecule has 0 fully saturated rings. The van der Waals surface area contributed by atoms with E-state index in [2.05, 4.69) is 15.3 Å². The van der Waals surface area contributed by atoms with Gasteiger partial charge in [-0.2, -0.15) is 0 Å². The molecule has 0 saturated carbocycles. The van der Waals surface area contributed by atoms with Crippen LogP contribution >= 0.6 is 11.3 Å². The highest BCUT2D eigenvalue weighted by Gasteiger charge is 2.21. The van der Waals surface area contributed by atoms with E-state index >= 15 is 0 Å². The number of aromatic nitrogens is 2. The summed E-state index contributed by atoms with van der Waals surface area (Å²) in [6, 6.07) is 6.93. The maximum absolute atomic E-state index is 12.2. The number of methoxy groups -OCH3 is 1. The maximum atomic E-state index is 12.2. The Labute approximate surface area is 160 Å². The van der Waals surface area contributed by atoms with Crippen molar-refractivity contribution >= 4 is 45.0 Å². The largest absolute Gasteiger partial charge is 0.465 e. The van der Waals surface area contributed by atoms with Gasteiger partial charge >= 0.3 is 11.9 Å². The topological polar surface area (TPSA) is 90.4 Å². The van der Waals surface area contributed by atoms with Crippen LogP contribution in [0.25, 0.3) is 10.2 Å². The molecular weight excluding hydrogens is 366 g/mol. The number of rotatable bonds is 5. The molecule has 1 aromatic carbocycles. The van der Waals surface area contributed by atoms with E-state index in [1.54, 1.807) is 32.0 Å². The molecule has 0 saturated heterocycles. The molecule has 0 amide bonds. The van der Waals surface area contributed by atoms with Gasteiger partial charge in [-0.15, -0.1) is 11.3 Å². The Morgan fingerprint density at radius 3 is 2.67 bits per heavy atom. The Morgan fingerprint density at radius 2 is 1.96 bits per heavy atom. The fourth-order valence-electron chi connectivity index (χ4n) is 2.71. The van der Waals surface area contributed by atoms with E-state index in [0.717, 1.165) is 10.9 Å². The molecule has 7 nitrogen and oxygen atoms in total. The Balaban J connectivity index is 2.06. The molecule has 0 bridgehead atoms. The summed E-state index contributed by atoms with van der Waals surface area (Å²) < 4.78 is 9.89. The number of ether oxygens (including phenoxy) is 2. The lowest BCUT2D eigenvalue weighted by Crippen LogP contribution is -2.04. The summed E-state index contributed by atoms with van der Waals surface area (Å²) in [7, 11) is 1.34. The van der Waals surface area contributed by atoms with Crippen molar-refractivity contribution in [3.8, 4) is 0 Å². The minimum atomic E-state index is -0.418. The third-order valence-electron chi connectivity index (χ3n) is 3.91. The van der Waals surface area contributed by atoms with E-state index < -0.39 is 5.97 Å². The van der Waals surface area contributed by atoms with E-state index in [1.165, 1.54) is 18.4 Å². The molecule has 3 aromatic rings. The van der Waals surface area contributed by atoms with Crippen LogP contribution in [0, 0.1) is 13.8 Å². The zero-order valence-corrected chi connectivity index (χ0v) is 16.3. The molecule has 0 aliphatic rings. The number of aryl methyl sites for hydroxylation is 2. The van der Waals surface area contributed by atoms with Crippen molar-refractivity contribution in [2.75, 3.05) is 19.0 Å². The Bertz CT molecular complexity index is 1030. The highest BCUT2D eigenvalue weighted by molar-refractivity contribution is 7.20. The van der Waals surface area contributed by atoms with Crippen LogP contribution < -0.4 is 5.32 Å². The highest BCUT2D eigenvalue weighted by atomic mass is 32.1. The van der Waals surface area contributed by atoms with E-state index in [-0.39, 0.29) is 5.97 Å². The van der Waals surface area contributed by atoms with Gasteiger partial charge in [0.1, 0.15) is 21.3 Å². The van der Waals surface area contributed by atoms with E-state index in [1.807, 2.05) is 13.0 Å². The quantitative estimate of drug-likeness (QED) is 0.664. The minimum Gasteiger partial charge on any atom is -0.465 e. The maximum Gasteiger partial charge on any atom is 0.348 e. The summed E-state index contributed by atoms with van der Waals surface area (Å²) in [5.41, 5.74) is 1.87. The second-order valence-corrected chi connectivity index (χ2v) is 6.77. The molecule has 1 N–H and O–H groups in total. The molecule has 140 valence electrons. The lowest BCUT2D eigenvalue weighted by Gasteiger charge is -2.09. The fourth-order valence-corrected chi connectivity index (χ4v) is 3.83. The van der Waals surface area contributed by atoms with Gasteiger partial charge in [0.2, 0.25) is 0 Å². The molecule has 0 aliphatic heterocycles. The number of nitrogens with zero attached hydrogens (tertiary/aromatic N) is 2. The van der Waals surface area contributed by atoms with Crippen LogP contribution in [0.1, 0.15) is 38.3 Å². The molecular formula is C19H19N3O4S. The lowest BCUT2D eigenvalue weighted by molar-refractivity contribution is 0.0530. The molecule has 8 heteroatoms. The van der Waals surface area contributed by atoms with Crippen molar-refractivity contribution in [2.24, 2.45) is 0 Å². The normalized spacial score (nSPS) is 10.7. The Morgan fingerprint density at radius 1 is 1.19 bits per heavy atom. The van der Waals surface area contributed by atoms with Gasteiger partial charge < -0.3 is 14.8 Å². The summed E-state index contributed by atoms with van der Waals surface area (Å²) in [5, 5.41) is 3.99. The molecule has 2 aromatic heterocycles. The van der Waals surface area contributed by atoms with Gasteiger partial charge in [-0.25, -0.2) is 19.6 Å². The second-order valence-electron chi connectivity index (χ2n) is 5.77. The molecule has 0 unspecified atom stereocenters. The monoisotopic (exact) mass is 385 g/mol. The summed E-state index contributed by atoms with van der Waals surface area (Å²) >= 11 is 1.28. The summed E-state index contributed by atoms with van der Waals surface area (Å²) in [6.45, 7) is 5.71. The third kappa shape index (κ3) is 3.75.